The lowest BCUT2D eigenvalue weighted by Crippen LogP contribution is -2.63. The van der Waals surface area contributed by atoms with Crippen molar-refractivity contribution in [1.82, 2.24) is 9.80 Å². The molecule has 0 unspecified atom stereocenters. The Labute approximate surface area is 182 Å². The van der Waals surface area contributed by atoms with E-state index in [1.807, 2.05) is 12.2 Å². The average Bonchev–Trinajstić information content (AvgIpc) is 3.54. The lowest BCUT2D eigenvalue weighted by molar-refractivity contribution is -0.166. The van der Waals surface area contributed by atoms with Crippen LogP contribution in [-0.4, -0.2) is 33.4 Å². The van der Waals surface area contributed by atoms with Gasteiger partial charge in [-0.15, -0.1) is 0 Å². The van der Waals surface area contributed by atoms with Crippen molar-refractivity contribution in [3.05, 3.63) is 60.5 Å². The molecule has 2 aromatic heterocycles. The summed E-state index contributed by atoms with van der Waals surface area (Å²) in [5, 5.41) is 0. The fourth-order valence-corrected chi connectivity index (χ4v) is 7.15. The molecule has 162 valence electrons. The van der Waals surface area contributed by atoms with E-state index >= 15 is 0 Å². The molecule has 0 N–H and O–H groups in total. The number of amides is 4. The highest BCUT2D eigenvalue weighted by Gasteiger charge is 2.74. The van der Waals surface area contributed by atoms with Gasteiger partial charge < -0.3 is 8.83 Å². The van der Waals surface area contributed by atoms with Crippen LogP contribution in [0.3, 0.4) is 0 Å². The maximum absolute atomic E-state index is 13.3. The molecule has 2 aliphatic heterocycles. The van der Waals surface area contributed by atoms with Gasteiger partial charge in [-0.25, -0.2) is 0 Å². The van der Waals surface area contributed by atoms with Crippen LogP contribution < -0.4 is 0 Å². The van der Waals surface area contributed by atoms with Gasteiger partial charge in [0.2, 0.25) is 23.6 Å². The predicted molar refractivity (Wildman–Crippen MR) is 106 cm³/mol. The summed E-state index contributed by atoms with van der Waals surface area (Å²) in [6, 6.07) is 6.94. The van der Waals surface area contributed by atoms with Crippen LogP contribution in [0.2, 0.25) is 0 Å². The van der Waals surface area contributed by atoms with Gasteiger partial charge in [0.25, 0.3) is 0 Å². The Morgan fingerprint density at radius 1 is 0.625 bits per heavy atom. The van der Waals surface area contributed by atoms with E-state index in [1.54, 1.807) is 24.3 Å². The molecule has 0 radical (unpaired) electrons. The Balaban J connectivity index is 1.20. The third-order valence-corrected chi connectivity index (χ3v) is 8.31. The average molecular weight is 432 g/mol. The number of hydrogen-bond donors (Lipinski definition) is 0. The highest BCUT2D eigenvalue weighted by Crippen LogP contribution is 2.68. The van der Waals surface area contributed by atoms with E-state index in [0.29, 0.717) is 11.5 Å². The topological polar surface area (TPSA) is 101 Å². The lowest BCUT2D eigenvalue weighted by atomic mass is 9.40. The van der Waals surface area contributed by atoms with Crippen LogP contribution in [-0.2, 0) is 32.3 Å². The molecule has 4 amide bonds. The third-order valence-electron chi connectivity index (χ3n) is 8.31. The fourth-order valence-electron chi connectivity index (χ4n) is 7.15. The van der Waals surface area contributed by atoms with Crippen LogP contribution >= 0.6 is 0 Å². The Morgan fingerprint density at radius 2 is 1.03 bits per heavy atom. The molecule has 2 saturated carbocycles. The van der Waals surface area contributed by atoms with Crippen LogP contribution in [0.15, 0.2) is 57.8 Å². The summed E-state index contributed by atoms with van der Waals surface area (Å²) < 4.78 is 10.7. The van der Waals surface area contributed by atoms with Crippen LogP contribution in [0.4, 0.5) is 0 Å². The minimum Gasteiger partial charge on any atom is -0.467 e. The van der Waals surface area contributed by atoms with Gasteiger partial charge in [-0.3, -0.25) is 29.0 Å². The molecule has 2 aromatic rings. The van der Waals surface area contributed by atoms with Gasteiger partial charge in [0.05, 0.1) is 49.3 Å². The van der Waals surface area contributed by atoms with Crippen molar-refractivity contribution in [2.75, 3.05) is 0 Å². The maximum atomic E-state index is 13.3. The first kappa shape index (κ1) is 18.2. The Kier molecular flexibility index (Phi) is 3.46. The number of nitrogens with zero attached hydrogens (tertiary/aromatic N) is 2. The number of rotatable bonds is 4. The van der Waals surface area contributed by atoms with Crippen LogP contribution in [0, 0.1) is 47.3 Å². The zero-order valence-electron chi connectivity index (χ0n) is 17.0. The van der Waals surface area contributed by atoms with Gasteiger partial charge >= 0.3 is 0 Å². The molecular weight excluding hydrogens is 412 g/mol. The molecule has 2 bridgehead atoms. The molecule has 8 rings (SSSR count). The normalized spacial score (nSPS) is 38.9. The van der Waals surface area contributed by atoms with Crippen molar-refractivity contribution in [3.8, 4) is 0 Å². The molecule has 8 heteroatoms. The van der Waals surface area contributed by atoms with Crippen molar-refractivity contribution in [2.24, 2.45) is 47.3 Å². The zero-order valence-corrected chi connectivity index (χ0v) is 17.0. The number of hydrogen-bond acceptors (Lipinski definition) is 6. The standard InChI is InChI=1S/C24H20N2O6/c27-21-17-13-5-6-14(18(17)22(28)25(21)9-11-3-1-7-31-11)16-15(13)19-20(16)24(30)26(23(19)29)10-12-4-2-8-32-12/h1-8,13-20H,9-10H2/t13-,14+,15-,16-,17+,18-,19+,20-/m0/s1. The first-order chi connectivity index (χ1) is 15.6. The van der Waals surface area contributed by atoms with E-state index in [0.717, 1.165) is 0 Å². The fraction of sp³-hybridized carbons (Fsp3) is 0.417. The molecule has 4 aliphatic carbocycles. The van der Waals surface area contributed by atoms with Crippen molar-refractivity contribution >= 4 is 23.6 Å². The van der Waals surface area contributed by atoms with Crippen molar-refractivity contribution in [1.29, 1.82) is 0 Å². The first-order valence-corrected chi connectivity index (χ1v) is 11.0. The number of carbonyl (C=O) groups excluding carboxylic acids is 4. The number of imide groups is 2. The number of furan rings is 2. The Hall–Kier alpha value is -3.42. The number of likely N-dealkylation sites (tertiary alicyclic amines) is 2. The van der Waals surface area contributed by atoms with Gasteiger partial charge in [-0.2, -0.15) is 0 Å². The number of fused-ring (bicyclic) bond motifs is 1. The third kappa shape index (κ3) is 2.07. The molecule has 6 aliphatic rings. The van der Waals surface area contributed by atoms with Gasteiger partial charge in [-0.05, 0) is 47.9 Å². The molecule has 4 fully saturated rings. The minimum absolute atomic E-state index is 0.0744. The van der Waals surface area contributed by atoms with Gasteiger partial charge in [0.15, 0.2) is 0 Å². The van der Waals surface area contributed by atoms with Crippen LogP contribution in [0.25, 0.3) is 0 Å². The summed E-state index contributed by atoms with van der Waals surface area (Å²) in [4.78, 5) is 55.6. The van der Waals surface area contributed by atoms with Crippen LogP contribution in [0.5, 0.6) is 0 Å². The molecule has 8 nitrogen and oxygen atoms in total. The largest absolute Gasteiger partial charge is 0.467 e. The number of carbonyl (C=O) groups is 4. The molecular formula is C24H20N2O6. The van der Waals surface area contributed by atoms with E-state index in [2.05, 4.69) is 0 Å². The molecule has 0 aromatic carbocycles. The summed E-state index contributed by atoms with van der Waals surface area (Å²) in [7, 11) is 0. The van der Waals surface area contributed by atoms with E-state index in [4.69, 9.17) is 8.83 Å². The second-order valence-electron chi connectivity index (χ2n) is 9.48. The van der Waals surface area contributed by atoms with Gasteiger partial charge in [0, 0.05) is 0 Å². The molecule has 2 saturated heterocycles. The first-order valence-electron chi connectivity index (χ1n) is 11.0. The lowest BCUT2D eigenvalue weighted by Gasteiger charge is -2.60. The predicted octanol–water partition coefficient (Wildman–Crippen LogP) is 1.84. The number of allylic oxidation sites excluding steroid dienone is 2. The van der Waals surface area contributed by atoms with E-state index in [1.165, 1.54) is 22.3 Å². The van der Waals surface area contributed by atoms with E-state index in [9.17, 15) is 19.2 Å². The molecule has 32 heavy (non-hydrogen) atoms. The minimum atomic E-state index is -0.461. The van der Waals surface area contributed by atoms with Crippen LogP contribution in [0.1, 0.15) is 11.5 Å². The highest BCUT2D eigenvalue weighted by atomic mass is 16.3. The maximum Gasteiger partial charge on any atom is 0.234 e. The van der Waals surface area contributed by atoms with Gasteiger partial charge in [0.1, 0.15) is 11.5 Å². The molecule has 8 atom stereocenters. The quantitative estimate of drug-likeness (QED) is 0.540. The monoisotopic (exact) mass is 432 g/mol. The second-order valence-corrected chi connectivity index (χ2v) is 9.48. The summed E-state index contributed by atoms with van der Waals surface area (Å²) in [6.45, 7) is 0.246. The summed E-state index contributed by atoms with van der Waals surface area (Å²) >= 11 is 0. The summed E-state index contributed by atoms with van der Waals surface area (Å²) in [6.07, 6.45) is 7.06. The zero-order chi connectivity index (χ0) is 21.7. The second kappa shape index (κ2) is 6.09. The van der Waals surface area contributed by atoms with E-state index < -0.39 is 23.7 Å². The molecule has 4 heterocycles. The van der Waals surface area contributed by atoms with Crippen molar-refractivity contribution in [2.45, 2.75) is 13.1 Å². The SMILES string of the molecule is O=C1[C@@H]2[C@H]3C=C[C@@H]([C@@H]2C(=O)N1Cc1ccco1)[C@@H]1[C@@H]2C(=O)N(Cc4ccco4)C(=O)[C@@H]2[C@@H]31. The summed E-state index contributed by atoms with van der Waals surface area (Å²) in [5.74, 6) is -1.92. The van der Waals surface area contributed by atoms with E-state index in [-0.39, 0.29) is 60.4 Å². The summed E-state index contributed by atoms with van der Waals surface area (Å²) in [5.41, 5.74) is 0. The van der Waals surface area contributed by atoms with Crippen molar-refractivity contribution < 1.29 is 28.0 Å². The molecule has 0 spiro atoms. The smallest absolute Gasteiger partial charge is 0.234 e. The van der Waals surface area contributed by atoms with Gasteiger partial charge in [-0.1, -0.05) is 12.2 Å². The van der Waals surface area contributed by atoms with Crippen molar-refractivity contribution in [3.63, 3.8) is 0 Å². The highest BCUT2D eigenvalue weighted by molar-refractivity contribution is 6.09. The Bertz CT molecular complexity index is 1130. The Morgan fingerprint density at radius 3 is 1.41 bits per heavy atom.